The van der Waals surface area contributed by atoms with E-state index in [-0.39, 0.29) is 0 Å². The predicted octanol–water partition coefficient (Wildman–Crippen LogP) is 3.22. The number of pyridine rings is 1. The van der Waals surface area contributed by atoms with Crippen molar-refractivity contribution in [3.8, 4) is 0 Å². The number of alkyl halides is 3. The van der Waals surface area contributed by atoms with Gasteiger partial charge in [-0.3, -0.25) is 0 Å². The van der Waals surface area contributed by atoms with Gasteiger partial charge in [-0.2, -0.15) is 13.2 Å². The lowest BCUT2D eigenvalue weighted by atomic mass is 10.2. The summed E-state index contributed by atoms with van der Waals surface area (Å²) in [7, 11) is -6.09. The molecule has 22 heavy (non-hydrogen) atoms. The van der Waals surface area contributed by atoms with Crippen LogP contribution in [0.3, 0.4) is 0 Å². The summed E-state index contributed by atoms with van der Waals surface area (Å²) < 4.78 is 61.2. The van der Waals surface area contributed by atoms with E-state index in [0.717, 1.165) is 0 Å². The number of hydrogen-bond acceptors (Lipinski definition) is 3. The summed E-state index contributed by atoms with van der Waals surface area (Å²) in [6, 6.07) is 2.22. The molecule has 0 saturated heterocycles. The van der Waals surface area contributed by atoms with E-state index in [1.54, 1.807) is 0 Å². The molecule has 0 aliphatic heterocycles. The van der Waals surface area contributed by atoms with Gasteiger partial charge >= 0.3 is 5.51 Å². The van der Waals surface area contributed by atoms with Crippen LogP contribution in [0.25, 0.3) is 0 Å². The maximum atomic E-state index is 10.7. The van der Waals surface area contributed by atoms with Gasteiger partial charge in [-0.1, -0.05) is 19.8 Å². The molecule has 8 heteroatoms. The maximum absolute atomic E-state index is 10.7. The standard InChI is InChI=1S/C13H22N.CHF3O3S/c1-4-5-6-7-8-14-10-12(2)9-13(3)11-14;2-1(3,4)8(5,6)7/h9-11H,4-8H2,1-3H3;(H,5,6,7)/q+1;/p-1. The first-order chi connectivity index (χ1) is 9.97. The highest BCUT2D eigenvalue weighted by molar-refractivity contribution is 7.86. The summed E-state index contributed by atoms with van der Waals surface area (Å²) in [5.74, 6) is 0. The highest BCUT2D eigenvalue weighted by atomic mass is 32.2. The van der Waals surface area contributed by atoms with E-state index in [4.69, 9.17) is 13.0 Å². The second kappa shape index (κ2) is 9.09. The van der Waals surface area contributed by atoms with Crippen molar-refractivity contribution in [2.75, 3.05) is 0 Å². The zero-order valence-electron chi connectivity index (χ0n) is 13.0. The van der Waals surface area contributed by atoms with Gasteiger partial charge < -0.3 is 4.55 Å². The minimum Gasteiger partial charge on any atom is -0.741 e. The molecule has 0 amide bonds. The Labute approximate surface area is 129 Å². The van der Waals surface area contributed by atoms with Crippen LogP contribution >= 0.6 is 0 Å². The molecule has 0 radical (unpaired) electrons. The Balaban J connectivity index is 0.000000472. The number of halogens is 3. The van der Waals surface area contributed by atoms with Crippen molar-refractivity contribution in [1.29, 1.82) is 0 Å². The third-order valence-electron chi connectivity index (χ3n) is 2.75. The van der Waals surface area contributed by atoms with E-state index >= 15 is 0 Å². The fraction of sp³-hybridized carbons (Fsp3) is 0.643. The summed E-state index contributed by atoms with van der Waals surface area (Å²) in [6.45, 7) is 7.75. The van der Waals surface area contributed by atoms with Gasteiger partial charge in [-0.05, 0) is 26.3 Å². The average Bonchev–Trinajstić information content (AvgIpc) is 2.32. The zero-order valence-corrected chi connectivity index (χ0v) is 13.8. The lowest BCUT2D eigenvalue weighted by Gasteiger charge is -2.08. The molecule has 0 bridgehead atoms. The highest BCUT2D eigenvalue weighted by Gasteiger charge is 2.36. The molecule has 0 fully saturated rings. The minimum absolute atomic E-state index is 1.17. The molecular formula is C14H22F3NO3S. The lowest BCUT2D eigenvalue weighted by Crippen LogP contribution is -2.33. The van der Waals surface area contributed by atoms with Gasteiger partial charge in [-0.15, -0.1) is 0 Å². The molecule has 0 saturated carbocycles. The first-order valence-corrected chi connectivity index (χ1v) is 8.37. The van der Waals surface area contributed by atoms with E-state index in [0.29, 0.717) is 0 Å². The molecule has 0 spiro atoms. The van der Waals surface area contributed by atoms with Crippen molar-refractivity contribution in [1.82, 2.24) is 0 Å². The van der Waals surface area contributed by atoms with Crippen molar-refractivity contribution in [2.45, 2.75) is 58.5 Å². The number of unbranched alkanes of at least 4 members (excludes halogenated alkanes) is 3. The van der Waals surface area contributed by atoms with Gasteiger partial charge in [0.15, 0.2) is 22.5 Å². The third kappa shape index (κ3) is 8.99. The van der Waals surface area contributed by atoms with Gasteiger partial charge in [0.05, 0.1) is 0 Å². The number of hydrogen-bond donors (Lipinski definition) is 0. The van der Waals surface area contributed by atoms with Crippen LogP contribution in [-0.4, -0.2) is 18.5 Å². The Kier molecular flexibility index (Phi) is 8.62. The van der Waals surface area contributed by atoms with Crippen LogP contribution in [0, 0.1) is 13.8 Å². The predicted molar refractivity (Wildman–Crippen MR) is 76.0 cm³/mol. The van der Waals surface area contributed by atoms with Crippen molar-refractivity contribution in [2.24, 2.45) is 0 Å². The van der Waals surface area contributed by atoms with Crippen LogP contribution in [0.4, 0.5) is 13.2 Å². The third-order valence-corrected chi connectivity index (χ3v) is 3.31. The number of rotatable bonds is 5. The normalized spacial score (nSPS) is 11.8. The van der Waals surface area contributed by atoms with Crippen LogP contribution in [0.15, 0.2) is 18.5 Å². The zero-order chi connectivity index (χ0) is 17.4. The van der Waals surface area contributed by atoms with E-state index in [9.17, 15) is 13.2 Å². The molecule has 128 valence electrons. The van der Waals surface area contributed by atoms with E-state index in [1.807, 2.05) is 0 Å². The first-order valence-electron chi connectivity index (χ1n) is 6.97. The summed E-state index contributed by atoms with van der Waals surface area (Å²) in [5, 5.41) is 0. The molecule has 1 aromatic rings. The lowest BCUT2D eigenvalue weighted by molar-refractivity contribution is -0.698. The van der Waals surface area contributed by atoms with Gasteiger partial charge in [0.25, 0.3) is 0 Å². The van der Waals surface area contributed by atoms with Crippen LogP contribution in [-0.2, 0) is 16.7 Å². The number of aromatic nitrogens is 1. The molecule has 1 aromatic heterocycles. The topological polar surface area (TPSA) is 61.1 Å². The largest absolute Gasteiger partial charge is 0.741 e. The van der Waals surface area contributed by atoms with Crippen LogP contribution in [0.1, 0.15) is 43.7 Å². The molecule has 1 heterocycles. The van der Waals surface area contributed by atoms with Gasteiger partial charge in [0.1, 0.15) is 6.54 Å². The minimum atomic E-state index is -6.09. The second-order valence-electron chi connectivity index (χ2n) is 5.09. The molecule has 0 aliphatic rings. The smallest absolute Gasteiger partial charge is 0.485 e. The second-order valence-corrected chi connectivity index (χ2v) is 6.46. The highest BCUT2D eigenvalue weighted by Crippen LogP contribution is 2.20. The van der Waals surface area contributed by atoms with Crippen LogP contribution in [0.5, 0.6) is 0 Å². The van der Waals surface area contributed by atoms with Gasteiger partial charge in [-0.25, -0.2) is 13.0 Å². The number of nitrogens with zero attached hydrogens (tertiary/aromatic N) is 1. The van der Waals surface area contributed by atoms with Crippen LogP contribution in [0.2, 0.25) is 0 Å². The van der Waals surface area contributed by atoms with Crippen LogP contribution < -0.4 is 4.57 Å². The molecule has 0 aromatic carbocycles. The Morgan fingerprint density at radius 3 is 1.91 bits per heavy atom. The molecule has 0 aliphatic carbocycles. The van der Waals surface area contributed by atoms with E-state index < -0.39 is 15.6 Å². The summed E-state index contributed by atoms with van der Waals surface area (Å²) in [4.78, 5) is 0. The van der Waals surface area contributed by atoms with E-state index in [1.165, 1.54) is 43.4 Å². The molecule has 1 rings (SSSR count). The Morgan fingerprint density at radius 2 is 1.55 bits per heavy atom. The maximum Gasteiger partial charge on any atom is 0.485 e. The summed E-state index contributed by atoms with van der Waals surface area (Å²) in [5.41, 5.74) is -2.92. The SMILES string of the molecule is CCCCCC[n+]1cc(C)cc(C)c1.O=S(=O)([O-])C(F)(F)F. The van der Waals surface area contributed by atoms with E-state index in [2.05, 4.69) is 43.8 Å². The average molecular weight is 341 g/mol. The Bertz CT molecular complexity index is 537. The van der Waals surface area contributed by atoms with Crippen molar-refractivity contribution >= 4 is 10.1 Å². The first kappa shape index (κ1) is 20.9. The number of aryl methyl sites for hydroxylation is 3. The van der Waals surface area contributed by atoms with Gasteiger partial charge in [0, 0.05) is 17.5 Å². The molecule has 4 nitrogen and oxygen atoms in total. The fourth-order valence-electron chi connectivity index (χ4n) is 1.84. The van der Waals surface area contributed by atoms with Crippen molar-refractivity contribution in [3.05, 3.63) is 29.6 Å². The Hall–Kier alpha value is -1.15. The fourth-order valence-corrected chi connectivity index (χ4v) is 1.84. The molecule has 0 N–H and O–H groups in total. The Morgan fingerprint density at radius 1 is 1.09 bits per heavy atom. The molecule has 0 atom stereocenters. The van der Waals surface area contributed by atoms with Crippen molar-refractivity contribution < 1.29 is 30.7 Å². The quantitative estimate of drug-likeness (QED) is 0.357. The van der Waals surface area contributed by atoms with Gasteiger partial charge in [0.2, 0.25) is 0 Å². The summed E-state index contributed by atoms with van der Waals surface area (Å²) >= 11 is 0. The molecule has 0 unspecified atom stereocenters. The summed E-state index contributed by atoms with van der Waals surface area (Å²) in [6.07, 6.45) is 9.82. The molecular weight excluding hydrogens is 319 g/mol. The monoisotopic (exact) mass is 341 g/mol. The van der Waals surface area contributed by atoms with Crippen molar-refractivity contribution in [3.63, 3.8) is 0 Å².